The zero-order valence-corrected chi connectivity index (χ0v) is 18.7. The quantitative estimate of drug-likeness (QED) is 0.543. The Hall–Kier alpha value is -2.16. The van der Waals surface area contributed by atoms with Crippen LogP contribution in [0, 0.1) is 5.92 Å². The highest BCUT2D eigenvalue weighted by Crippen LogP contribution is 2.27. The fraction of sp³-hybridized carbons (Fsp3) is 0.682. The molecule has 2 heterocycles. The summed E-state index contributed by atoms with van der Waals surface area (Å²) in [7, 11) is 1.67. The van der Waals surface area contributed by atoms with Crippen LogP contribution in [0.15, 0.2) is 29.3 Å². The molecule has 2 fully saturated rings. The van der Waals surface area contributed by atoms with Gasteiger partial charge in [0.2, 0.25) is 0 Å². The molecule has 1 N–H and O–H groups in total. The second kappa shape index (κ2) is 10.4. The molecule has 2 atom stereocenters. The SMILES string of the molecule is CCNC(=NCC1CCN(c2cccc(OC)c2)C1)N1CCN(C(C)C(F)(F)F)CC1. The monoisotopic (exact) mass is 441 g/mol. The minimum Gasteiger partial charge on any atom is -0.497 e. The number of anilines is 1. The Balaban J connectivity index is 1.54. The molecular formula is C22H34F3N5O. The van der Waals surface area contributed by atoms with Crippen LogP contribution >= 0.6 is 0 Å². The highest BCUT2D eigenvalue weighted by Gasteiger charge is 2.41. The highest BCUT2D eigenvalue weighted by atomic mass is 19.4. The molecular weight excluding hydrogens is 407 g/mol. The van der Waals surface area contributed by atoms with E-state index < -0.39 is 12.2 Å². The summed E-state index contributed by atoms with van der Waals surface area (Å²) in [6.07, 6.45) is -3.12. The van der Waals surface area contributed by atoms with Crippen LogP contribution in [0.2, 0.25) is 0 Å². The van der Waals surface area contributed by atoms with Crippen molar-refractivity contribution in [1.82, 2.24) is 15.1 Å². The average molecular weight is 442 g/mol. The number of alkyl halides is 3. The number of benzene rings is 1. The normalized spacial score (nSPS) is 22.0. The Kier molecular flexibility index (Phi) is 7.91. The van der Waals surface area contributed by atoms with E-state index in [1.54, 1.807) is 7.11 Å². The minimum atomic E-state index is -4.18. The first-order chi connectivity index (χ1) is 14.8. The van der Waals surface area contributed by atoms with Crippen molar-refractivity contribution in [2.24, 2.45) is 10.9 Å². The number of ether oxygens (including phenoxy) is 1. The lowest BCUT2D eigenvalue weighted by Gasteiger charge is -2.39. The van der Waals surface area contributed by atoms with Gasteiger partial charge in [0, 0.05) is 64.1 Å². The number of piperazine rings is 1. The molecule has 0 aliphatic carbocycles. The molecule has 9 heteroatoms. The Bertz CT molecular complexity index is 734. The number of rotatable bonds is 6. The summed E-state index contributed by atoms with van der Waals surface area (Å²) < 4.78 is 44.3. The lowest BCUT2D eigenvalue weighted by Crippen LogP contribution is -2.56. The van der Waals surface area contributed by atoms with E-state index in [4.69, 9.17) is 9.73 Å². The molecule has 1 aromatic rings. The number of nitrogens with zero attached hydrogens (tertiary/aromatic N) is 4. The Labute approximate surface area is 183 Å². The van der Waals surface area contributed by atoms with E-state index >= 15 is 0 Å². The predicted molar refractivity (Wildman–Crippen MR) is 118 cm³/mol. The van der Waals surface area contributed by atoms with Crippen LogP contribution in [0.1, 0.15) is 20.3 Å². The number of hydrogen-bond donors (Lipinski definition) is 1. The topological polar surface area (TPSA) is 43.3 Å². The van der Waals surface area contributed by atoms with Crippen LogP contribution in [0.25, 0.3) is 0 Å². The third kappa shape index (κ3) is 6.18. The van der Waals surface area contributed by atoms with Crippen molar-refractivity contribution in [1.29, 1.82) is 0 Å². The molecule has 31 heavy (non-hydrogen) atoms. The van der Waals surface area contributed by atoms with Gasteiger partial charge in [0.15, 0.2) is 5.96 Å². The van der Waals surface area contributed by atoms with E-state index in [0.717, 1.165) is 43.5 Å². The van der Waals surface area contributed by atoms with E-state index in [9.17, 15) is 13.2 Å². The lowest BCUT2D eigenvalue weighted by atomic mass is 10.1. The summed E-state index contributed by atoms with van der Waals surface area (Å²) in [4.78, 5) is 10.8. The first-order valence-electron chi connectivity index (χ1n) is 11.0. The Morgan fingerprint density at radius 1 is 1.23 bits per heavy atom. The third-order valence-electron chi connectivity index (χ3n) is 6.17. The summed E-state index contributed by atoms with van der Waals surface area (Å²) in [5, 5.41) is 3.31. The zero-order valence-electron chi connectivity index (χ0n) is 18.7. The number of nitrogens with one attached hydrogen (secondary N) is 1. The number of halogens is 3. The molecule has 2 unspecified atom stereocenters. The summed E-state index contributed by atoms with van der Waals surface area (Å²) in [5.74, 6) is 2.11. The van der Waals surface area contributed by atoms with Crippen molar-refractivity contribution in [3.05, 3.63) is 24.3 Å². The maximum atomic E-state index is 13.0. The van der Waals surface area contributed by atoms with E-state index in [-0.39, 0.29) is 0 Å². The number of guanidine groups is 1. The lowest BCUT2D eigenvalue weighted by molar-refractivity contribution is -0.181. The maximum Gasteiger partial charge on any atom is 0.403 e. The molecule has 0 amide bonds. The molecule has 3 rings (SSSR count). The van der Waals surface area contributed by atoms with Crippen LogP contribution in [0.3, 0.4) is 0 Å². The van der Waals surface area contributed by atoms with Crippen molar-refractivity contribution < 1.29 is 17.9 Å². The first kappa shape index (κ1) is 23.5. The van der Waals surface area contributed by atoms with Gasteiger partial charge >= 0.3 is 6.18 Å². The van der Waals surface area contributed by atoms with Crippen molar-refractivity contribution in [3.63, 3.8) is 0 Å². The van der Waals surface area contributed by atoms with Gasteiger partial charge in [-0.1, -0.05) is 6.07 Å². The maximum absolute atomic E-state index is 13.0. The molecule has 1 aromatic carbocycles. The van der Waals surface area contributed by atoms with E-state index in [2.05, 4.69) is 27.2 Å². The van der Waals surface area contributed by atoms with Gasteiger partial charge in [0.1, 0.15) is 11.8 Å². The fourth-order valence-corrected chi connectivity index (χ4v) is 4.19. The van der Waals surface area contributed by atoms with Crippen LogP contribution in [0.5, 0.6) is 5.75 Å². The fourth-order valence-electron chi connectivity index (χ4n) is 4.19. The molecule has 2 saturated heterocycles. The van der Waals surface area contributed by atoms with E-state index in [0.29, 0.717) is 38.6 Å². The smallest absolute Gasteiger partial charge is 0.403 e. The van der Waals surface area contributed by atoms with Crippen LogP contribution in [-0.2, 0) is 0 Å². The first-order valence-corrected chi connectivity index (χ1v) is 11.0. The van der Waals surface area contributed by atoms with E-state index in [1.165, 1.54) is 11.8 Å². The van der Waals surface area contributed by atoms with Gasteiger partial charge in [-0.15, -0.1) is 0 Å². The number of aliphatic imine (C=N–C) groups is 1. The standard InChI is InChI=1S/C22H34F3N5O/c1-4-26-21(29-12-10-28(11-13-29)17(2)22(23,24)25)27-15-18-8-9-30(16-18)19-6-5-7-20(14-19)31-3/h5-7,14,17-18H,4,8-13,15-16H2,1-3H3,(H,26,27). The van der Waals surface area contributed by atoms with Gasteiger partial charge in [-0.25, -0.2) is 0 Å². The summed E-state index contributed by atoms with van der Waals surface area (Å²) in [6, 6.07) is 6.69. The summed E-state index contributed by atoms with van der Waals surface area (Å²) in [5.41, 5.74) is 1.16. The van der Waals surface area contributed by atoms with Crippen molar-refractivity contribution in [2.45, 2.75) is 32.5 Å². The second-order valence-corrected chi connectivity index (χ2v) is 8.24. The molecule has 0 radical (unpaired) electrons. The largest absolute Gasteiger partial charge is 0.497 e. The van der Waals surface area contributed by atoms with Crippen molar-refractivity contribution >= 4 is 11.6 Å². The van der Waals surface area contributed by atoms with Crippen LogP contribution < -0.4 is 15.0 Å². The summed E-state index contributed by atoms with van der Waals surface area (Å²) >= 11 is 0. The summed E-state index contributed by atoms with van der Waals surface area (Å²) in [6.45, 7) is 8.49. The molecule has 0 bridgehead atoms. The molecule has 2 aliphatic heterocycles. The van der Waals surface area contributed by atoms with Crippen LogP contribution in [-0.4, -0.2) is 87.4 Å². The van der Waals surface area contributed by atoms with Crippen molar-refractivity contribution in [2.75, 3.05) is 64.4 Å². The Morgan fingerprint density at radius 3 is 2.61 bits per heavy atom. The minimum absolute atomic E-state index is 0.387. The number of hydrogen-bond acceptors (Lipinski definition) is 4. The van der Waals surface area contributed by atoms with Crippen LogP contribution in [0.4, 0.5) is 18.9 Å². The number of methoxy groups -OCH3 is 1. The van der Waals surface area contributed by atoms with E-state index in [1.807, 2.05) is 19.1 Å². The third-order valence-corrected chi connectivity index (χ3v) is 6.17. The average Bonchev–Trinajstić information content (AvgIpc) is 3.25. The van der Waals surface area contributed by atoms with Gasteiger partial charge in [-0.2, -0.15) is 13.2 Å². The molecule has 6 nitrogen and oxygen atoms in total. The van der Waals surface area contributed by atoms with Crippen molar-refractivity contribution in [3.8, 4) is 5.75 Å². The van der Waals surface area contributed by atoms with Gasteiger partial charge in [-0.3, -0.25) is 9.89 Å². The molecule has 2 aliphatic rings. The molecule has 0 aromatic heterocycles. The van der Waals surface area contributed by atoms with Gasteiger partial charge in [-0.05, 0) is 38.3 Å². The second-order valence-electron chi connectivity index (χ2n) is 8.24. The van der Waals surface area contributed by atoms with Gasteiger partial charge < -0.3 is 19.9 Å². The van der Waals surface area contributed by atoms with Gasteiger partial charge in [0.25, 0.3) is 0 Å². The van der Waals surface area contributed by atoms with Gasteiger partial charge in [0.05, 0.1) is 7.11 Å². The molecule has 0 saturated carbocycles. The molecule has 174 valence electrons. The predicted octanol–water partition coefficient (Wildman–Crippen LogP) is 3.06. The zero-order chi connectivity index (χ0) is 22.4. The Morgan fingerprint density at radius 2 is 1.97 bits per heavy atom. The highest BCUT2D eigenvalue weighted by molar-refractivity contribution is 5.80. The molecule has 0 spiro atoms.